The highest BCUT2D eigenvalue weighted by molar-refractivity contribution is 7.91. The second-order valence-electron chi connectivity index (χ2n) is 6.73. The van der Waals surface area contributed by atoms with Gasteiger partial charge < -0.3 is 15.2 Å². The van der Waals surface area contributed by atoms with Crippen molar-refractivity contribution in [2.75, 3.05) is 25.1 Å². The van der Waals surface area contributed by atoms with E-state index in [9.17, 15) is 14.1 Å². The molecule has 2 heterocycles. The minimum Gasteiger partial charge on any atom is -0.609 e. The Bertz CT molecular complexity index is 1130. The fourth-order valence-corrected chi connectivity index (χ4v) is 3.85. The van der Waals surface area contributed by atoms with Crippen molar-refractivity contribution in [1.82, 2.24) is 24.0 Å². The zero-order valence-electron chi connectivity index (χ0n) is 17.0. The predicted octanol–water partition coefficient (Wildman–Crippen LogP) is 2.31. The fourth-order valence-electron chi connectivity index (χ4n) is 3.07. The Balaban J connectivity index is 2.25. The third-order valence-corrected chi connectivity index (χ3v) is 5.94. The lowest BCUT2D eigenvalue weighted by molar-refractivity contribution is 0.210. The predicted molar refractivity (Wildman–Crippen MR) is 117 cm³/mol. The molecule has 2 aromatic heterocycles. The highest BCUT2D eigenvalue weighted by Crippen LogP contribution is 2.21. The van der Waals surface area contributed by atoms with E-state index < -0.39 is 22.9 Å². The summed E-state index contributed by atoms with van der Waals surface area (Å²) in [5.41, 5.74) is 6.58. The van der Waals surface area contributed by atoms with Crippen molar-refractivity contribution in [3.05, 3.63) is 45.3 Å². The second kappa shape index (κ2) is 9.07. The molecule has 0 aliphatic carbocycles. The molecule has 0 saturated carbocycles. The minimum atomic E-state index is -1.47. The fraction of sp³-hybridized carbons (Fsp3) is 0.368. The SMILES string of the molecule is CCCN(C)C(=O)n1c(=O)n(Cc2ccc(Cl)cc2)c2nc([S@@+]([O-])CC)nc(N)c21. The summed E-state index contributed by atoms with van der Waals surface area (Å²) in [4.78, 5) is 36.1. The van der Waals surface area contributed by atoms with E-state index in [1.54, 1.807) is 38.2 Å². The molecule has 0 saturated heterocycles. The van der Waals surface area contributed by atoms with Gasteiger partial charge in [-0.25, -0.2) is 14.2 Å². The van der Waals surface area contributed by atoms with Crippen LogP contribution in [0.2, 0.25) is 5.02 Å². The van der Waals surface area contributed by atoms with Gasteiger partial charge in [-0.05, 0) is 31.0 Å². The number of nitrogen functional groups attached to an aromatic ring is 1. The molecule has 30 heavy (non-hydrogen) atoms. The summed E-state index contributed by atoms with van der Waals surface area (Å²) in [6, 6.07) is 6.45. The highest BCUT2D eigenvalue weighted by atomic mass is 35.5. The molecule has 1 atom stereocenters. The molecule has 0 spiro atoms. The van der Waals surface area contributed by atoms with E-state index in [4.69, 9.17) is 17.3 Å². The number of carbonyl (C=O) groups excluding carboxylic acids is 1. The standard InChI is InChI=1S/C19H23ClN6O3S/c1-4-10-24(3)18(27)26-14-15(21)22-17(30(29)5-2)23-16(14)25(19(26)28)11-12-6-8-13(20)9-7-12/h6-9H,4-5,10-11H2,1-3H3,(H2,21,22,23)/t30-/m0/s1. The summed E-state index contributed by atoms with van der Waals surface area (Å²) in [5.74, 6) is 0.229. The first kappa shape index (κ1) is 22.1. The third kappa shape index (κ3) is 4.16. The summed E-state index contributed by atoms with van der Waals surface area (Å²) >= 11 is 4.48. The van der Waals surface area contributed by atoms with E-state index in [0.717, 1.165) is 16.6 Å². The third-order valence-electron chi connectivity index (χ3n) is 4.57. The van der Waals surface area contributed by atoms with Crippen LogP contribution in [-0.4, -0.2) is 53.9 Å². The molecule has 0 unspecified atom stereocenters. The Morgan fingerprint density at radius 1 is 1.27 bits per heavy atom. The average Bonchev–Trinajstić information content (AvgIpc) is 3.00. The molecule has 1 aromatic carbocycles. The first-order valence-corrected chi connectivity index (χ1v) is 11.1. The van der Waals surface area contributed by atoms with Gasteiger partial charge in [-0.2, -0.15) is 9.97 Å². The number of fused-ring (bicyclic) bond motifs is 1. The molecular weight excluding hydrogens is 428 g/mol. The number of hydrogen-bond acceptors (Lipinski definition) is 6. The number of nitrogens with zero attached hydrogens (tertiary/aromatic N) is 5. The molecule has 160 valence electrons. The monoisotopic (exact) mass is 450 g/mol. The van der Waals surface area contributed by atoms with E-state index in [1.165, 1.54) is 9.47 Å². The number of carbonyl (C=O) groups is 1. The van der Waals surface area contributed by atoms with Gasteiger partial charge in [0.25, 0.3) is 0 Å². The molecular formula is C19H23ClN6O3S. The molecule has 3 aromatic rings. The maximum atomic E-state index is 13.3. The van der Waals surface area contributed by atoms with Crippen LogP contribution in [0.3, 0.4) is 0 Å². The van der Waals surface area contributed by atoms with Crippen LogP contribution in [0.1, 0.15) is 25.8 Å². The summed E-state index contributed by atoms with van der Waals surface area (Å²) < 4.78 is 14.6. The van der Waals surface area contributed by atoms with Crippen molar-refractivity contribution < 1.29 is 9.35 Å². The average molecular weight is 451 g/mol. The van der Waals surface area contributed by atoms with Crippen LogP contribution in [0.4, 0.5) is 10.6 Å². The van der Waals surface area contributed by atoms with Gasteiger partial charge in [-0.3, -0.25) is 4.57 Å². The van der Waals surface area contributed by atoms with Gasteiger partial charge in [-0.15, -0.1) is 0 Å². The summed E-state index contributed by atoms with van der Waals surface area (Å²) in [6.07, 6.45) is 0.728. The van der Waals surface area contributed by atoms with Crippen molar-refractivity contribution in [1.29, 1.82) is 0 Å². The number of amides is 1. The van der Waals surface area contributed by atoms with E-state index in [0.29, 0.717) is 17.3 Å². The lowest BCUT2D eigenvalue weighted by atomic mass is 10.2. The molecule has 3 rings (SSSR count). The number of halogens is 1. The number of imidazole rings is 1. The van der Waals surface area contributed by atoms with E-state index in [1.807, 2.05) is 6.92 Å². The van der Waals surface area contributed by atoms with E-state index >= 15 is 0 Å². The molecule has 0 aliphatic heterocycles. The Labute approximate surface area is 181 Å². The van der Waals surface area contributed by atoms with Crippen LogP contribution in [0.25, 0.3) is 11.2 Å². The van der Waals surface area contributed by atoms with Gasteiger partial charge in [0.1, 0.15) is 11.3 Å². The van der Waals surface area contributed by atoms with Crippen molar-refractivity contribution in [3.63, 3.8) is 0 Å². The molecule has 0 bridgehead atoms. The number of anilines is 1. The van der Waals surface area contributed by atoms with Crippen molar-refractivity contribution >= 4 is 45.8 Å². The number of rotatable bonds is 6. The van der Waals surface area contributed by atoms with Crippen LogP contribution in [0.5, 0.6) is 0 Å². The Morgan fingerprint density at radius 2 is 1.93 bits per heavy atom. The first-order chi connectivity index (χ1) is 14.3. The molecule has 0 radical (unpaired) electrons. The summed E-state index contributed by atoms with van der Waals surface area (Å²) in [7, 11) is 1.61. The Hall–Kier alpha value is -2.56. The first-order valence-electron chi connectivity index (χ1n) is 9.45. The smallest absolute Gasteiger partial charge is 0.346 e. The molecule has 9 nitrogen and oxygen atoms in total. The van der Waals surface area contributed by atoms with Gasteiger partial charge in [0.05, 0.1) is 6.54 Å². The zero-order valence-corrected chi connectivity index (χ0v) is 18.5. The van der Waals surface area contributed by atoms with Crippen molar-refractivity contribution in [3.8, 4) is 0 Å². The molecule has 11 heteroatoms. The molecule has 0 fully saturated rings. The van der Waals surface area contributed by atoms with Crippen LogP contribution in [0.15, 0.2) is 34.2 Å². The highest BCUT2D eigenvalue weighted by Gasteiger charge is 2.27. The van der Waals surface area contributed by atoms with Crippen LogP contribution < -0.4 is 11.4 Å². The van der Waals surface area contributed by atoms with Crippen LogP contribution in [0, 0.1) is 0 Å². The topological polar surface area (TPSA) is 122 Å². The largest absolute Gasteiger partial charge is 0.609 e. The van der Waals surface area contributed by atoms with E-state index in [-0.39, 0.29) is 28.7 Å². The van der Waals surface area contributed by atoms with Crippen molar-refractivity contribution in [2.45, 2.75) is 32.0 Å². The van der Waals surface area contributed by atoms with E-state index in [2.05, 4.69) is 9.97 Å². The minimum absolute atomic E-state index is 0.0267. The van der Waals surface area contributed by atoms with Gasteiger partial charge in [0, 0.05) is 29.8 Å². The molecule has 2 N–H and O–H groups in total. The zero-order chi connectivity index (χ0) is 22.0. The lowest BCUT2D eigenvalue weighted by Gasteiger charge is -2.16. The lowest BCUT2D eigenvalue weighted by Crippen LogP contribution is -2.38. The maximum absolute atomic E-state index is 13.3. The summed E-state index contributed by atoms with van der Waals surface area (Å²) in [5, 5.41) is 0.593. The van der Waals surface area contributed by atoms with Crippen molar-refractivity contribution in [2.24, 2.45) is 0 Å². The Morgan fingerprint density at radius 3 is 2.53 bits per heavy atom. The van der Waals surface area contributed by atoms with Gasteiger partial charge in [-0.1, -0.05) is 30.7 Å². The molecule has 0 aliphatic rings. The summed E-state index contributed by atoms with van der Waals surface area (Å²) in [6.45, 7) is 4.27. The van der Waals surface area contributed by atoms with Gasteiger partial charge in [0.15, 0.2) is 11.5 Å². The second-order valence-corrected chi connectivity index (χ2v) is 8.80. The number of hydrogen-bond donors (Lipinski definition) is 1. The number of benzene rings is 1. The normalized spacial score (nSPS) is 12.3. The van der Waals surface area contributed by atoms with Crippen LogP contribution in [-0.2, 0) is 17.7 Å². The van der Waals surface area contributed by atoms with Crippen LogP contribution >= 0.6 is 11.6 Å². The Kier molecular flexibility index (Phi) is 6.69. The van der Waals surface area contributed by atoms with Gasteiger partial charge >= 0.3 is 16.9 Å². The quantitative estimate of drug-likeness (QED) is 0.454. The van der Waals surface area contributed by atoms with Gasteiger partial charge in [0.2, 0.25) is 0 Å². The molecule has 1 amide bonds. The number of nitrogens with two attached hydrogens (primary N) is 1. The number of aromatic nitrogens is 4. The maximum Gasteiger partial charge on any atom is 0.346 e.